The summed E-state index contributed by atoms with van der Waals surface area (Å²) in [5.74, 6) is -1.87. The van der Waals surface area contributed by atoms with Crippen molar-refractivity contribution in [3.8, 4) is 5.75 Å². The molecule has 3 amide bonds. The molecule has 3 heterocycles. The minimum atomic E-state index is -1.10. The summed E-state index contributed by atoms with van der Waals surface area (Å²) in [4.78, 5) is 51.4. The maximum Gasteiger partial charge on any atom is 0.341 e. The van der Waals surface area contributed by atoms with Crippen molar-refractivity contribution < 1.29 is 29.0 Å². The van der Waals surface area contributed by atoms with E-state index in [1.165, 1.54) is 4.90 Å². The van der Waals surface area contributed by atoms with E-state index in [2.05, 4.69) is 10.2 Å². The van der Waals surface area contributed by atoms with Crippen molar-refractivity contribution in [2.45, 2.75) is 44.7 Å². The molecular weight excluding hydrogens is 378 g/mol. The number of carbonyl (C=O) groups excluding carboxylic acids is 3. The van der Waals surface area contributed by atoms with E-state index >= 15 is 0 Å². The molecule has 29 heavy (non-hydrogen) atoms. The third-order valence-electron chi connectivity index (χ3n) is 5.67. The molecular formula is C20H23N3O6. The number of nitrogens with one attached hydrogen (secondary N) is 1. The van der Waals surface area contributed by atoms with Gasteiger partial charge in [-0.2, -0.15) is 0 Å². The molecule has 4 rings (SSSR count). The number of carbonyl (C=O) groups is 4. The van der Waals surface area contributed by atoms with Crippen LogP contribution in [0.5, 0.6) is 5.75 Å². The van der Waals surface area contributed by atoms with Gasteiger partial charge in [-0.05, 0) is 31.7 Å². The molecule has 9 heteroatoms. The van der Waals surface area contributed by atoms with Crippen molar-refractivity contribution in [1.82, 2.24) is 10.2 Å². The predicted octanol–water partition coefficient (Wildman–Crippen LogP) is 0.901. The Morgan fingerprint density at radius 2 is 1.93 bits per heavy atom. The van der Waals surface area contributed by atoms with E-state index in [-0.39, 0.29) is 31.2 Å². The van der Waals surface area contributed by atoms with E-state index in [4.69, 9.17) is 9.84 Å². The average molecular weight is 401 g/mol. The van der Waals surface area contributed by atoms with E-state index < -0.39 is 24.5 Å². The number of nitrogens with zero attached hydrogens (tertiary/aromatic N) is 2. The second kappa shape index (κ2) is 7.73. The third-order valence-corrected chi connectivity index (χ3v) is 5.67. The van der Waals surface area contributed by atoms with Crippen LogP contribution in [0.3, 0.4) is 0 Å². The lowest BCUT2D eigenvalue weighted by molar-refractivity contribution is -0.139. The number of ether oxygens (including phenoxy) is 1. The fourth-order valence-electron chi connectivity index (χ4n) is 4.22. The van der Waals surface area contributed by atoms with Crippen LogP contribution in [-0.4, -0.2) is 59.4 Å². The van der Waals surface area contributed by atoms with Gasteiger partial charge in [0.05, 0.1) is 12.1 Å². The molecule has 3 aliphatic rings. The van der Waals surface area contributed by atoms with Gasteiger partial charge in [0.15, 0.2) is 6.61 Å². The van der Waals surface area contributed by atoms with Crippen molar-refractivity contribution in [1.29, 1.82) is 0 Å². The number of carboxylic acid groups (broad SMARTS) is 1. The molecule has 1 aromatic rings. The van der Waals surface area contributed by atoms with Crippen molar-refractivity contribution in [2.24, 2.45) is 0 Å². The largest absolute Gasteiger partial charge is 0.481 e. The number of hydrogen-bond donors (Lipinski definition) is 2. The molecule has 1 atom stereocenters. The molecule has 0 aliphatic carbocycles. The average Bonchev–Trinajstić information content (AvgIpc) is 3.03. The summed E-state index contributed by atoms with van der Waals surface area (Å²) in [7, 11) is 0. The zero-order valence-corrected chi connectivity index (χ0v) is 16.0. The zero-order chi connectivity index (χ0) is 20.5. The quantitative estimate of drug-likeness (QED) is 0.704. The number of hydrogen-bond acceptors (Lipinski definition) is 6. The summed E-state index contributed by atoms with van der Waals surface area (Å²) >= 11 is 0. The molecule has 0 radical (unpaired) electrons. The maximum absolute atomic E-state index is 13.1. The summed E-state index contributed by atoms with van der Waals surface area (Å²) in [6.07, 6.45) is 3.72. The Kier molecular flexibility index (Phi) is 5.12. The van der Waals surface area contributed by atoms with Gasteiger partial charge in [0.2, 0.25) is 11.8 Å². The summed E-state index contributed by atoms with van der Waals surface area (Å²) in [5, 5.41) is 11.3. The summed E-state index contributed by atoms with van der Waals surface area (Å²) in [6.45, 7) is 1.36. The van der Waals surface area contributed by atoms with Crippen LogP contribution in [0.15, 0.2) is 12.1 Å². The molecule has 0 spiro atoms. The van der Waals surface area contributed by atoms with E-state index in [0.29, 0.717) is 16.9 Å². The summed E-state index contributed by atoms with van der Waals surface area (Å²) in [5.41, 5.74) is 1.84. The second-order valence-corrected chi connectivity index (χ2v) is 7.60. The molecule has 0 bridgehead atoms. The third kappa shape index (κ3) is 3.76. The Bertz CT molecular complexity index is 877. The van der Waals surface area contributed by atoms with Crippen molar-refractivity contribution in [2.75, 3.05) is 24.6 Å². The zero-order valence-electron chi connectivity index (χ0n) is 16.0. The maximum atomic E-state index is 13.1. The first-order chi connectivity index (χ1) is 13.9. The van der Waals surface area contributed by atoms with E-state index in [0.717, 1.165) is 38.0 Å². The Hall–Kier alpha value is -3.10. The number of amides is 3. The molecule has 2 N–H and O–H groups in total. The van der Waals surface area contributed by atoms with Crippen LogP contribution in [0.1, 0.15) is 48.0 Å². The summed E-state index contributed by atoms with van der Waals surface area (Å²) < 4.78 is 5.51. The van der Waals surface area contributed by atoms with Crippen LogP contribution < -0.4 is 15.0 Å². The molecule has 0 aromatic heterocycles. The van der Waals surface area contributed by atoms with Gasteiger partial charge in [-0.15, -0.1) is 0 Å². The highest BCUT2D eigenvalue weighted by molar-refractivity contribution is 6.06. The number of benzene rings is 1. The summed E-state index contributed by atoms with van der Waals surface area (Å²) in [6, 6.07) is 2.87. The molecule has 9 nitrogen and oxygen atoms in total. The van der Waals surface area contributed by atoms with Gasteiger partial charge in [0, 0.05) is 36.8 Å². The lowest BCUT2D eigenvalue weighted by atomic mass is 10.0. The Morgan fingerprint density at radius 1 is 1.17 bits per heavy atom. The van der Waals surface area contributed by atoms with Crippen LogP contribution in [0.2, 0.25) is 0 Å². The number of carboxylic acids is 1. The van der Waals surface area contributed by atoms with E-state index in [1.54, 1.807) is 6.07 Å². The molecule has 2 fully saturated rings. The van der Waals surface area contributed by atoms with Gasteiger partial charge in [0.25, 0.3) is 5.91 Å². The molecule has 2 saturated heterocycles. The second-order valence-electron chi connectivity index (χ2n) is 7.60. The Labute approximate surface area is 167 Å². The highest BCUT2D eigenvalue weighted by Gasteiger charge is 2.40. The van der Waals surface area contributed by atoms with Crippen molar-refractivity contribution >= 4 is 29.4 Å². The van der Waals surface area contributed by atoms with Gasteiger partial charge in [-0.1, -0.05) is 0 Å². The normalized spacial score (nSPS) is 21.8. The molecule has 154 valence electrons. The van der Waals surface area contributed by atoms with Crippen LogP contribution in [0, 0.1) is 0 Å². The first kappa shape index (κ1) is 19.2. The lowest BCUT2D eigenvalue weighted by Crippen LogP contribution is -2.52. The number of aliphatic carboxylic acids is 1. The van der Waals surface area contributed by atoms with Gasteiger partial charge in [-0.25, -0.2) is 4.79 Å². The van der Waals surface area contributed by atoms with Gasteiger partial charge in [-0.3, -0.25) is 19.7 Å². The van der Waals surface area contributed by atoms with Crippen molar-refractivity contribution in [3.63, 3.8) is 0 Å². The molecule has 3 aliphatic heterocycles. The van der Waals surface area contributed by atoms with Crippen LogP contribution in [0.25, 0.3) is 0 Å². The fourth-order valence-corrected chi connectivity index (χ4v) is 4.22. The van der Waals surface area contributed by atoms with Gasteiger partial charge in [0.1, 0.15) is 11.8 Å². The minimum Gasteiger partial charge on any atom is -0.481 e. The highest BCUT2D eigenvalue weighted by Crippen LogP contribution is 2.38. The van der Waals surface area contributed by atoms with E-state index in [9.17, 15) is 19.2 Å². The minimum absolute atomic E-state index is 0.148. The molecule has 1 unspecified atom stereocenters. The fraction of sp³-hybridized carbons (Fsp3) is 0.500. The number of fused-ring (bicyclic) bond motifs is 1. The van der Waals surface area contributed by atoms with Crippen LogP contribution in [-0.2, 0) is 20.9 Å². The van der Waals surface area contributed by atoms with Gasteiger partial charge >= 0.3 is 5.97 Å². The van der Waals surface area contributed by atoms with Crippen molar-refractivity contribution in [3.05, 3.63) is 23.3 Å². The lowest BCUT2D eigenvalue weighted by Gasteiger charge is -2.29. The standard InChI is InChI=1S/C20H23N3O6/c24-17-5-4-15(19(27)21-17)23-10-14-13(20(23)28)8-12(22-6-2-1-3-7-22)9-16(14)29-11-18(25)26/h8-9,15H,1-7,10-11H2,(H,25,26)(H,21,24,27). The first-order valence-corrected chi connectivity index (χ1v) is 9.85. The molecule has 1 aromatic carbocycles. The molecule has 0 saturated carbocycles. The smallest absolute Gasteiger partial charge is 0.341 e. The number of rotatable bonds is 5. The predicted molar refractivity (Wildman–Crippen MR) is 102 cm³/mol. The van der Waals surface area contributed by atoms with Crippen LogP contribution >= 0.6 is 0 Å². The van der Waals surface area contributed by atoms with Gasteiger partial charge < -0.3 is 19.6 Å². The van der Waals surface area contributed by atoms with Crippen LogP contribution in [0.4, 0.5) is 5.69 Å². The Balaban J connectivity index is 1.66. The van der Waals surface area contributed by atoms with E-state index in [1.807, 2.05) is 6.07 Å². The first-order valence-electron chi connectivity index (χ1n) is 9.85. The topological polar surface area (TPSA) is 116 Å². The monoisotopic (exact) mass is 401 g/mol. The SMILES string of the molecule is O=C(O)COc1cc(N2CCCCC2)cc2c1CN(C1CCC(=O)NC1=O)C2=O. The Morgan fingerprint density at radius 3 is 2.62 bits per heavy atom. The number of imide groups is 1. The number of piperidine rings is 2. The number of anilines is 1. The highest BCUT2D eigenvalue weighted by atomic mass is 16.5.